The lowest BCUT2D eigenvalue weighted by molar-refractivity contribution is -0.130. The fraction of sp³-hybridized carbons (Fsp3) is 0.647. The van der Waals surface area contributed by atoms with Crippen LogP contribution in [-0.4, -0.2) is 34.8 Å². The highest BCUT2D eigenvalue weighted by molar-refractivity contribution is 7.99. The molecule has 3 heterocycles. The van der Waals surface area contributed by atoms with E-state index in [4.69, 9.17) is 14.5 Å². The zero-order valence-corrected chi connectivity index (χ0v) is 15.5. The second-order valence-corrected chi connectivity index (χ2v) is 8.32. The van der Waals surface area contributed by atoms with E-state index in [9.17, 15) is 4.79 Å². The van der Waals surface area contributed by atoms with Crippen LogP contribution in [0.1, 0.15) is 36.6 Å². The molecule has 2 aromatic rings. The van der Waals surface area contributed by atoms with Crippen molar-refractivity contribution in [3.63, 3.8) is 0 Å². The molecule has 1 atom stereocenters. The molecule has 0 bridgehead atoms. The van der Waals surface area contributed by atoms with Gasteiger partial charge in [0.1, 0.15) is 11.6 Å². The number of thiophene rings is 1. The van der Waals surface area contributed by atoms with Crippen LogP contribution < -0.4 is 5.56 Å². The van der Waals surface area contributed by atoms with Crippen molar-refractivity contribution in [3.05, 3.63) is 20.8 Å². The van der Waals surface area contributed by atoms with Crippen LogP contribution in [0, 0.1) is 0 Å². The molecular weight excluding hydrogens is 344 g/mol. The largest absolute Gasteiger partial charge is 0.355 e. The molecule has 5 nitrogen and oxygen atoms in total. The molecule has 1 saturated heterocycles. The lowest BCUT2D eigenvalue weighted by Crippen LogP contribution is -2.27. The Hall–Kier alpha value is -0.890. The number of fused-ring (bicyclic) bond motifs is 3. The third-order valence-electron chi connectivity index (χ3n) is 4.73. The Morgan fingerprint density at radius 1 is 1.38 bits per heavy atom. The molecule has 24 heavy (non-hydrogen) atoms. The first-order valence-electron chi connectivity index (χ1n) is 8.65. The van der Waals surface area contributed by atoms with E-state index in [1.54, 1.807) is 23.1 Å². The first-order valence-corrected chi connectivity index (χ1v) is 10.5. The van der Waals surface area contributed by atoms with Crippen molar-refractivity contribution in [1.29, 1.82) is 0 Å². The monoisotopic (exact) mass is 366 g/mol. The average Bonchev–Trinajstić information content (AvgIpc) is 2.99. The molecule has 0 aromatic carbocycles. The van der Waals surface area contributed by atoms with E-state index in [-0.39, 0.29) is 11.7 Å². The molecule has 0 spiro atoms. The number of hydrogen-bond acceptors (Lipinski definition) is 6. The standard InChI is InChI=1S/C17H22N2O3S2/c1-2-19-16(20)14-12-5-3-4-6-13(12)24-15(14)18-17(19)23-9-11-7-8-21-10-22-11/h11H,2-10H2,1H3/t11-/m0/s1. The summed E-state index contributed by atoms with van der Waals surface area (Å²) < 4.78 is 12.6. The van der Waals surface area contributed by atoms with Gasteiger partial charge in [0.15, 0.2) is 5.16 Å². The number of aromatic nitrogens is 2. The second-order valence-electron chi connectivity index (χ2n) is 6.25. The fourth-order valence-electron chi connectivity index (χ4n) is 3.41. The topological polar surface area (TPSA) is 53.4 Å². The van der Waals surface area contributed by atoms with E-state index in [2.05, 4.69) is 0 Å². The highest BCUT2D eigenvalue weighted by Gasteiger charge is 2.22. The maximum Gasteiger partial charge on any atom is 0.263 e. The maximum absolute atomic E-state index is 13.0. The van der Waals surface area contributed by atoms with Gasteiger partial charge in [0.2, 0.25) is 0 Å². The Morgan fingerprint density at radius 2 is 2.25 bits per heavy atom. The fourth-order valence-corrected chi connectivity index (χ4v) is 5.84. The van der Waals surface area contributed by atoms with Gasteiger partial charge in [0.25, 0.3) is 5.56 Å². The van der Waals surface area contributed by atoms with E-state index >= 15 is 0 Å². The van der Waals surface area contributed by atoms with Gasteiger partial charge in [-0.3, -0.25) is 9.36 Å². The maximum atomic E-state index is 13.0. The molecule has 0 saturated carbocycles. The summed E-state index contributed by atoms with van der Waals surface area (Å²) in [5.41, 5.74) is 1.41. The number of aryl methyl sites for hydroxylation is 2. The Kier molecular flexibility index (Phi) is 4.94. The Bertz CT molecular complexity index is 793. The van der Waals surface area contributed by atoms with E-state index in [1.165, 1.54) is 23.3 Å². The van der Waals surface area contributed by atoms with Crippen LogP contribution in [0.25, 0.3) is 10.2 Å². The summed E-state index contributed by atoms with van der Waals surface area (Å²) in [6.45, 7) is 3.79. The van der Waals surface area contributed by atoms with Crippen molar-refractivity contribution in [3.8, 4) is 0 Å². The Morgan fingerprint density at radius 3 is 3.04 bits per heavy atom. The van der Waals surface area contributed by atoms with Gasteiger partial charge in [0, 0.05) is 17.2 Å². The Balaban J connectivity index is 1.68. The molecule has 0 radical (unpaired) electrons. The molecule has 2 aromatic heterocycles. The van der Waals surface area contributed by atoms with Gasteiger partial charge in [-0.2, -0.15) is 0 Å². The second kappa shape index (κ2) is 7.15. The zero-order valence-electron chi connectivity index (χ0n) is 13.9. The summed E-state index contributed by atoms with van der Waals surface area (Å²) in [5.74, 6) is 0.812. The smallest absolute Gasteiger partial charge is 0.263 e. The third kappa shape index (κ3) is 3.03. The number of nitrogens with zero attached hydrogens (tertiary/aromatic N) is 2. The van der Waals surface area contributed by atoms with Crippen LogP contribution in [0.4, 0.5) is 0 Å². The summed E-state index contributed by atoms with van der Waals surface area (Å²) in [5, 5.41) is 1.70. The molecule has 2 aliphatic rings. The number of ether oxygens (including phenoxy) is 2. The molecule has 130 valence electrons. The van der Waals surface area contributed by atoms with Crippen molar-refractivity contribution in [2.75, 3.05) is 19.2 Å². The van der Waals surface area contributed by atoms with E-state index in [0.717, 1.165) is 47.0 Å². The van der Waals surface area contributed by atoms with Crippen LogP contribution in [0.2, 0.25) is 0 Å². The highest BCUT2D eigenvalue weighted by atomic mass is 32.2. The van der Waals surface area contributed by atoms with Crippen molar-refractivity contribution in [1.82, 2.24) is 9.55 Å². The molecule has 0 unspecified atom stereocenters. The molecular formula is C17H22N2O3S2. The summed E-state index contributed by atoms with van der Waals surface area (Å²) >= 11 is 3.35. The van der Waals surface area contributed by atoms with E-state index in [0.29, 0.717) is 13.3 Å². The molecule has 1 aliphatic heterocycles. The van der Waals surface area contributed by atoms with Crippen LogP contribution in [0.5, 0.6) is 0 Å². The van der Waals surface area contributed by atoms with Gasteiger partial charge in [-0.05, 0) is 44.6 Å². The van der Waals surface area contributed by atoms with Gasteiger partial charge in [0.05, 0.1) is 18.1 Å². The first-order chi connectivity index (χ1) is 11.8. The molecule has 4 rings (SSSR count). The van der Waals surface area contributed by atoms with Gasteiger partial charge in [-0.1, -0.05) is 11.8 Å². The minimum atomic E-state index is 0.136. The van der Waals surface area contributed by atoms with Crippen molar-refractivity contribution >= 4 is 33.3 Å². The minimum Gasteiger partial charge on any atom is -0.355 e. The van der Waals surface area contributed by atoms with Crippen LogP contribution in [0.15, 0.2) is 9.95 Å². The predicted molar refractivity (Wildman–Crippen MR) is 97.2 cm³/mol. The van der Waals surface area contributed by atoms with Gasteiger partial charge < -0.3 is 9.47 Å². The van der Waals surface area contributed by atoms with Crippen LogP contribution >= 0.6 is 23.1 Å². The highest BCUT2D eigenvalue weighted by Crippen LogP contribution is 2.34. The van der Waals surface area contributed by atoms with Gasteiger partial charge in [-0.15, -0.1) is 11.3 Å². The molecule has 0 N–H and O–H groups in total. The lowest BCUT2D eigenvalue weighted by atomic mass is 9.97. The normalized spacial score (nSPS) is 21.1. The van der Waals surface area contributed by atoms with Gasteiger partial charge >= 0.3 is 0 Å². The summed E-state index contributed by atoms with van der Waals surface area (Å²) in [4.78, 5) is 20.2. The summed E-state index contributed by atoms with van der Waals surface area (Å²) in [6, 6.07) is 0. The summed E-state index contributed by atoms with van der Waals surface area (Å²) in [6.07, 6.45) is 5.61. The minimum absolute atomic E-state index is 0.136. The first kappa shape index (κ1) is 16.6. The summed E-state index contributed by atoms with van der Waals surface area (Å²) in [7, 11) is 0. The quantitative estimate of drug-likeness (QED) is 0.614. The van der Waals surface area contributed by atoms with E-state index < -0.39 is 0 Å². The zero-order chi connectivity index (χ0) is 16.5. The predicted octanol–water partition coefficient (Wildman–Crippen LogP) is 3.21. The number of thioether (sulfide) groups is 1. The van der Waals surface area contributed by atoms with Crippen molar-refractivity contribution in [2.45, 2.75) is 56.8 Å². The van der Waals surface area contributed by atoms with E-state index in [1.807, 2.05) is 11.5 Å². The molecule has 1 fully saturated rings. The molecule has 7 heteroatoms. The van der Waals surface area contributed by atoms with Gasteiger partial charge in [-0.25, -0.2) is 4.98 Å². The lowest BCUT2D eigenvalue weighted by Gasteiger charge is -2.22. The average molecular weight is 367 g/mol. The number of rotatable bonds is 4. The van der Waals surface area contributed by atoms with Crippen molar-refractivity contribution in [2.24, 2.45) is 0 Å². The molecule has 1 aliphatic carbocycles. The third-order valence-corrected chi connectivity index (χ3v) is 7.02. The SMILES string of the molecule is CCn1c(SC[C@@H]2CCOCO2)nc2sc3c(c2c1=O)CCCC3. The number of hydrogen-bond donors (Lipinski definition) is 0. The molecule has 0 amide bonds. The van der Waals surface area contributed by atoms with Crippen LogP contribution in [-0.2, 0) is 28.9 Å². The Labute approximate surface area is 149 Å². The van der Waals surface area contributed by atoms with Crippen LogP contribution in [0.3, 0.4) is 0 Å². The van der Waals surface area contributed by atoms with Crippen molar-refractivity contribution < 1.29 is 9.47 Å².